The molecule has 1 aliphatic heterocycles. The van der Waals surface area contributed by atoms with Crippen LogP contribution in [-0.2, 0) is 0 Å². The van der Waals surface area contributed by atoms with E-state index < -0.39 is 5.60 Å². The summed E-state index contributed by atoms with van der Waals surface area (Å²) in [6, 6.07) is 7.33. The van der Waals surface area contributed by atoms with E-state index in [2.05, 4.69) is 15.5 Å². The van der Waals surface area contributed by atoms with Crippen molar-refractivity contribution in [3.8, 4) is 5.69 Å². The van der Waals surface area contributed by atoms with Gasteiger partial charge in [0, 0.05) is 24.6 Å². The van der Waals surface area contributed by atoms with Crippen LogP contribution in [0.15, 0.2) is 30.6 Å². The van der Waals surface area contributed by atoms with E-state index in [0.717, 1.165) is 31.4 Å². The minimum Gasteiger partial charge on any atom is -0.389 e. The molecule has 24 heavy (non-hydrogen) atoms. The summed E-state index contributed by atoms with van der Waals surface area (Å²) in [4.78, 5) is 14.8. The Morgan fingerprint density at radius 1 is 1.29 bits per heavy atom. The second kappa shape index (κ2) is 5.98. The molecule has 0 radical (unpaired) electrons. The van der Waals surface area contributed by atoms with Gasteiger partial charge in [-0.3, -0.25) is 4.79 Å². The molecular weight excluding hydrogens is 306 g/mol. The number of piperidine rings is 1. The van der Waals surface area contributed by atoms with Crippen LogP contribution < -0.4 is 0 Å². The third-order valence-corrected chi connectivity index (χ3v) is 5.42. The molecule has 2 aliphatic rings. The first kappa shape index (κ1) is 15.3. The molecule has 7 heteroatoms. The molecule has 0 spiro atoms. The van der Waals surface area contributed by atoms with Gasteiger partial charge in [-0.1, -0.05) is 18.9 Å². The molecular formula is C17H21N5O2. The molecule has 1 amide bonds. The van der Waals surface area contributed by atoms with Crippen LogP contribution in [0.25, 0.3) is 5.69 Å². The zero-order chi connectivity index (χ0) is 16.6. The Morgan fingerprint density at radius 3 is 3.04 bits per heavy atom. The number of aliphatic hydroxyl groups is 1. The molecule has 126 valence electrons. The SMILES string of the molecule is O=C(c1cccc(-n2cnnn2)c1)N1CC[C@@]2(O)CCCC[C@H]2C1. The lowest BCUT2D eigenvalue weighted by Crippen LogP contribution is -2.54. The number of rotatable bonds is 2. The van der Waals surface area contributed by atoms with Crippen molar-refractivity contribution in [1.82, 2.24) is 25.1 Å². The van der Waals surface area contributed by atoms with Gasteiger partial charge in [0.2, 0.25) is 0 Å². The van der Waals surface area contributed by atoms with Gasteiger partial charge in [-0.05, 0) is 47.9 Å². The summed E-state index contributed by atoms with van der Waals surface area (Å²) in [6.07, 6.45) is 6.29. The molecule has 2 atom stereocenters. The van der Waals surface area contributed by atoms with Crippen molar-refractivity contribution in [2.45, 2.75) is 37.7 Å². The standard InChI is InChI=1S/C17H21N5O2/c23-16(13-4-3-6-15(10-13)22-12-18-19-20-22)21-9-8-17(24)7-2-1-5-14(17)11-21/h3-4,6,10,12,14,24H,1-2,5,7-9,11H2/t14-,17-/m0/s1. The van der Waals surface area contributed by atoms with Crippen molar-refractivity contribution in [2.24, 2.45) is 5.92 Å². The van der Waals surface area contributed by atoms with Gasteiger partial charge in [0.1, 0.15) is 6.33 Å². The van der Waals surface area contributed by atoms with Gasteiger partial charge in [0.15, 0.2) is 0 Å². The van der Waals surface area contributed by atoms with Crippen LogP contribution in [0.4, 0.5) is 0 Å². The predicted molar refractivity (Wildman–Crippen MR) is 86.6 cm³/mol. The van der Waals surface area contributed by atoms with Crippen molar-refractivity contribution in [1.29, 1.82) is 0 Å². The fourth-order valence-corrected chi connectivity index (χ4v) is 4.00. The van der Waals surface area contributed by atoms with E-state index in [1.165, 1.54) is 11.0 Å². The summed E-state index contributed by atoms with van der Waals surface area (Å²) in [5, 5.41) is 21.9. The summed E-state index contributed by atoms with van der Waals surface area (Å²) < 4.78 is 1.53. The summed E-state index contributed by atoms with van der Waals surface area (Å²) in [5.74, 6) is 0.212. The van der Waals surface area contributed by atoms with Gasteiger partial charge < -0.3 is 10.0 Å². The second-order valence-corrected chi connectivity index (χ2v) is 6.85. The Hall–Kier alpha value is -2.28. The average Bonchev–Trinajstić information content (AvgIpc) is 3.15. The van der Waals surface area contributed by atoms with Crippen LogP contribution in [0.1, 0.15) is 42.5 Å². The first-order valence-electron chi connectivity index (χ1n) is 8.51. The van der Waals surface area contributed by atoms with Crippen molar-refractivity contribution >= 4 is 5.91 Å². The van der Waals surface area contributed by atoms with Crippen molar-refractivity contribution in [3.05, 3.63) is 36.2 Å². The van der Waals surface area contributed by atoms with Crippen LogP contribution in [-0.4, -0.2) is 54.8 Å². The van der Waals surface area contributed by atoms with E-state index in [0.29, 0.717) is 25.1 Å². The molecule has 1 N–H and O–H groups in total. The Bertz CT molecular complexity index is 732. The fraction of sp³-hybridized carbons (Fsp3) is 0.529. The second-order valence-electron chi connectivity index (χ2n) is 6.85. The van der Waals surface area contributed by atoms with Gasteiger partial charge >= 0.3 is 0 Å². The van der Waals surface area contributed by atoms with E-state index >= 15 is 0 Å². The molecule has 2 fully saturated rings. The molecule has 2 heterocycles. The van der Waals surface area contributed by atoms with Gasteiger partial charge in [0.25, 0.3) is 5.91 Å². The molecule has 0 bridgehead atoms. The Kier molecular flexibility index (Phi) is 3.80. The fourth-order valence-electron chi connectivity index (χ4n) is 4.00. The number of aromatic nitrogens is 4. The maximum atomic E-state index is 12.9. The van der Waals surface area contributed by atoms with Crippen LogP contribution >= 0.6 is 0 Å². The van der Waals surface area contributed by atoms with Gasteiger partial charge in [-0.15, -0.1) is 5.10 Å². The summed E-state index contributed by atoms with van der Waals surface area (Å²) >= 11 is 0. The van der Waals surface area contributed by atoms with Crippen LogP contribution in [0, 0.1) is 5.92 Å². The number of amides is 1. The summed E-state index contributed by atoms with van der Waals surface area (Å²) in [5.41, 5.74) is 0.824. The monoisotopic (exact) mass is 327 g/mol. The molecule has 1 saturated carbocycles. The van der Waals surface area contributed by atoms with E-state index in [4.69, 9.17) is 0 Å². The smallest absolute Gasteiger partial charge is 0.253 e. The molecule has 0 unspecified atom stereocenters. The maximum Gasteiger partial charge on any atom is 0.253 e. The summed E-state index contributed by atoms with van der Waals surface area (Å²) in [6.45, 7) is 1.26. The number of nitrogens with zero attached hydrogens (tertiary/aromatic N) is 5. The molecule has 1 aromatic carbocycles. The van der Waals surface area contributed by atoms with Crippen LogP contribution in [0.5, 0.6) is 0 Å². The number of carbonyl (C=O) groups is 1. The van der Waals surface area contributed by atoms with E-state index in [1.807, 2.05) is 23.1 Å². The van der Waals surface area contributed by atoms with Crippen LogP contribution in [0.3, 0.4) is 0 Å². The van der Waals surface area contributed by atoms with Crippen molar-refractivity contribution < 1.29 is 9.90 Å². The van der Waals surface area contributed by atoms with Gasteiger partial charge in [-0.25, -0.2) is 4.68 Å². The maximum absolute atomic E-state index is 12.9. The lowest BCUT2D eigenvalue weighted by molar-refractivity contribution is -0.0886. The first-order chi connectivity index (χ1) is 11.7. The van der Waals surface area contributed by atoms with Crippen molar-refractivity contribution in [3.63, 3.8) is 0 Å². The van der Waals surface area contributed by atoms with Crippen LogP contribution in [0.2, 0.25) is 0 Å². The van der Waals surface area contributed by atoms with E-state index in [9.17, 15) is 9.90 Å². The number of benzene rings is 1. The molecule has 1 aromatic heterocycles. The molecule has 2 aromatic rings. The highest BCUT2D eigenvalue weighted by Gasteiger charge is 2.43. The Balaban J connectivity index is 1.53. The topological polar surface area (TPSA) is 84.1 Å². The number of carbonyl (C=O) groups excluding carboxylic acids is 1. The highest BCUT2D eigenvalue weighted by molar-refractivity contribution is 5.94. The number of hydrogen-bond donors (Lipinski definition) is 1. The van der Waals surface area contributed by atoms with E-state index in [1.54, 1.807) is 6.07 Å². The number of tetrazole rings is 1. The Morgan fingerprint density at radius 2 is 2.21 bits per heavy atom. The van der Waals surface area contributed by atoms with Crippen molar-refractivity contribution in [2.75, 3.05) is 13.1 Å². The first-order valence-corrected chi connectivity index (χ1v) is 8.51. The zero-order valence-electron chi connectivity index (χ0n) is 13.5. The third-order valence-electron chi connectivity index (χ3n) is 5.42. The zero-order valence-corrected chi connectivity index (χ0v) is 13.5. The lowest BCUT2D eigenvalue weighted by Gasteiger charge is -2.47. The summed E-state index contributed by atoms with van der Waals surface area (Å²) in [7, 11) is 0. The highest BCUT2D eigenvalue weighted by Crippen LogP contribution is 2.40. The predicted octanol–water partition coefficient (Wildman–Crippen LogP) is 1.43. The number of likely N-dealkylation sites (tertiary alicyclic amines) is 1. The number of fused-ring (bicyclic) bond motifs is 1. The minimum atomic E-state index is -0.566. The minimum absolute atomic E-state index is 0.0116. The lowest BCUT2D eigenvalue weighted by atomic mass is 9.71. The molecule has 1 saturated heterocycles. The third kappa shape index (κ3) is 2.69. The van der Waals surface area contributed by atoms with E-state index in [-0.39, 0.29) is 11.8 Å². The molecule has 1 aliphatic carbocycles. The van der Waals surface area contributed by atoms with Gasteiger partial charge in [0.05, 0.1) is 11.3 Å². The largest absolute Gasteiger partial charge is 0.389 e. The quantitative estimate of drug-likeness (QED) is 0.902. The van der Waals surface area contributed by atoms with Gasteiger partial charge in [-0.2, -0.15) is 0 Å². The Labute approximate surface area is 140 Å². The normalized spacial score (nSPS) is 26.9. The average molecular weight is 327 g/mol. The molecule has 7 nitrogen and oxygen atoms in total. The molecule has 4 rings (SSSR count). The highest BCUT2D eigenvalue weighted by atomic mass is 16.3. The number of hydrogen-bond acceptors (Lipinski definition) is 5.